The number of carbonyl (C=O) groups is 1. The third-order valence-corrected chi connectivity index (χ3v) is 5.60. The van der Waals surface area contributed by atoms with Crippen molar-refractivity contribution in [2.75, 3.05) is 6.61 Å². The van der Waals surface area contributed by atoms with E-state index in [2.05, 4.69) is 5.32 Å². The number of nitrogens with one attached hydrogen (secondary N) is 1. The van der Waals surface area contributed by atoms with Crippen molar-refractivity contribution in [1.29, 1.82) is 0 Å². The molecule has 2 saturated heterocycles. The molecule has 9 atom stereocenters. The van der Waals surface area contributed by atoms with E-state index in [0.717, 1.165) is 19.1 Å². The first kappa shape index (κ1) is 26.2. The van der Waals surface area contributed by atoms with Crippen LogP contribution in [0.2, 0.25) is 0 Å². The second-order valence-electron chi connectivity index (χ2n) is 8.18. The van der Waals surface area contributed by atoms with Crippen molar-refractivity contribution in [2.24, 2.45) is 0 Å². The topological polar surface area (TPSA) is 210 Å². The monoisotopic (exact) mass is 488 g/mol. The lowest BCUT2D eigenvalue weighted by Gasteiger charge is -2.50. The van der Waals surface area contributed by atoms with E-state index in [9.17, 15) is 40.4 Å². The summed E-state index contributed by atoms with van der Waals surface area (Å²) in [6.45, 7) is 1.85. The highest BCUT2D eigenvalue weighted by molar-refractivity contribution is 5.73. The van der Waals surface area contributed by atoms with Crippen LogP contribution >= 0.6 is 0 Å². The number of ether oxygens (including phenoxy) is 4. The number of rotatable bonds is 7. The zero-order valence-corrected chi connectivity index (χ0v) is 18.4. The first-order valence-corrected chi connectivity index (χ1v) is 10.5. The summed E-state index contributed by atoms with van der Waals surface area (Å²) in [5, 5.41) is 64.9. The molecule has 0 aromatic heterocycles. The highest BCUT2D eigenvalue weighted by atomic mass is 16.7. The average molecular weight is 488 g/mol. The summed E-state index contributed by atoms with van der Waals surface area (Å²) in [5.41, 5.74) is -2.75. The van der Waals surface area contributed by atoms with Crippen molar-refractivity contribution in [2.45, 2.75) is 75.2 Å². The number of aliphatic hydroxyl groups is 5. The maximum Gasteiger partial charge on any atom is 0.269 e. The average Bonchev–Trinajstić information content (AvgIpc) is 2.77. The Morgan fingerprint density at radius 3 is 2.41 bits per heavy atom. The molecule has 2 heterocycles. The molecule has 34 heavy (non-hydrogen) atoms. The third-order valence-electron chi connectivity index (χ3n) is 5.60. The van der Waals surface area contributed by atoms with Gasteiger partial charge in [0, 0.05) is 25.5 Å². The van der Waals surface area contributed by atoms with Gasteiger partial charge in [0.15, 0.2) is 6.29 Å². The van der Waals surface area contributed by atoms with Gasteiger partial charge >= 0.3 is 0 Å². The molecule has 2 aliphatic heterocycles. The van der Waals surface area contributed by atoms with Crippen molar-refractivity contribution in [3.63, 3.8) is 0 Å². The smallest absolute Gasteiger partial charge is 0.269 e. The predicted molar refractivity (Wildman–Crippen MR) is 110 cm³/mol. The Labute approximate surface area is 193 Å². The predicted octanol–water partition coefficient (Wildman–Crippen LogP) is -1.88. The minimum Gasteiger partial charge on any atom is -0.460 e. The molecule has 1 aromatic rings. The lowest BCUT2D eigenvalue weighted by atomic mass is 9.92. The summed E-state index contributed by atoms with van der Waals surface area (Å²) >= 11 is 0. The number of non-ortho nitro benzene ring substituents is 1. The van der Waals surface area contributed by atoms with E-state index in [4.69, 9.17) is 18.9 Å². The molecule has 0 radical (unpaired) electrons. The highest BCUT2D eigenvalue weighted by Gasteiger charge is 2.59. The molecule has 14 heteroatoms. The number of nitro benzene ring substituents is 1. The molecule has 0 aliphatic carbocycles. The van der Waals surface area contributed by atoms with Crippen LogP contribution in [-0.2, 0) is 19.0 Å². The molecule has 0 unspecified atom stereocenters. The van der Waals surface area contributed by atoms with E-state index in [0.29, 0.717) is 0 Å². The fraction of sp³-hybridized carbons (Fsp3) is 0.650. The Kier molecular flexibility index (Phi) is 8.05. The van der Waals surface area contributed by atoms with E-state index in [1.807, 2.05) is 0 Å². The minimum atomic E-state index is -2.54. The van der Waals surface area contributed by atoms with Gasteiger partial charge in [0.2, 0.25) is 11.6 Å². The number of benzene rings is 1. The van der Waals surface area contributed by atoms with Gasteiger partial charge in [-0.1, -0.05) is 0 Å². The van der Waals surface area contributed by atoms with E-state index in [-0.39, 0.29) is 17.9 Å². The van der Waals surface area contributed by atoms with E-state index in [1.54, 1.807) is 0 Å². The number of hydrogen-bond acceptors (Lipinski definition) is 12. The molecule has 0 bridgehead atoms. The lowest BCUT2D eigenvalue weighted by molar-refractivity contribution is -0.385. The Morgan fingerprint density at radius 2 is 1.88 bits per heavy atom. The molecular weight excluding hydrogens is 460 g/mol. The Balaban J connectivity index is 1.91. The van der Waals surface area contributed by atoms with Crippen LogP contribution in [0.3, 0.4) is 0 Å². The van der Waals surface area contributed by atoms with Crippen LogP contribution < -0.4 is 10.1 Å². The van der Waals surface area contributed by atoms with Crippen molar-refractivity contribution in [3.05, 3.63) is 34.4 Å². The highest BCUT2D eigenvalue weighted by Crippen LogP contribution is 2.35. The van der Waals surface area contributed by atoms with Gasteiger partial charge in [-0.15, -0.1) is 0 Å². The number of aliphatic hydroxyl groups excluding tert-OH is 4. The van der Waals surface area contributed by atoms with Crippen molar-refractivity contribution in [1.82, 2.24) is 5.32 Å². The number of nitro groups is 1. The lowest BCUT2D eigenvalue weighted by Crippen LogP contribution is -2.75. The molecule has 14 nitrogen and oxygen atoms in total. The van der Waals surface area contributed by atoms with Gasteiger partial charge in [0.1, 0.15) is 30.2 Å². The van der Waals surface area contributed by atoms with Gasteiger partial charge in [-0.25, -0.2) is 0 Å². The van der Waals surface area contributed by atoms with Crippen LogP contribution in [0, 0.1) is 10.1 Å². The summed E-state index contributed by atoms with van der Waals surface area (Å²) in [4.78, 5) is 22.2. The molecule has 3 rings (SSSR count). The SMILES string of the molecule is CC(=O)N[C@]1(O)[C@H](Oc2ccc([N+](=O)[O-])cc2)O[C@H](CO)[C@@H](O)[C@@H]1O[C@H]1C[C@H](O)[C@H](O)[C@H](C)O1. The molecule has 1 aromatic carbocycles. The fourth-order valence-corrected chi connectivity index (χ4v) is 3.84. The largest absolute Gasteiger partial charge is 0.460 e. The van der Waals surface area contributed by atoms with Crippen LogP contribution in [0.15, 0.2) is 24.3 Å². The van der Waals surface area contributed by atoms with Crippen LogP contribution in [0.25, 0.3) is 0 Å². The second kappa shape index (κ2) is 10.5. The zero-order valence-electron chi connectivity index (χ0n) is 18.4. The maximum absolute atomic E-state index is 11.9. The third kappa shape index (κ3) is 5.45. The molecule has 0 spiro atoms. The van der Waals surface area contributed by atoms with Gasteiger partial charge in [-0.05, 0) is 19.1 Å². The Morgan fingerprint density at radius 1 is 1.24 bits per heavy atom. The van der Waals surface area contributed by atoms with Crippen LogP contribution in [0.1, 0.15) is 20.3 Å². The number of amides is 1. The Bertz CT molecular complexity index is 858. The molecule has 2 fully saturated rings. The second-order valence-corrected chi connectivity index (χ2v) is 8.18. The maximum atomic E-state index is 11.9. The summed E-state index contributed by atoms with van der Waals surface area (Å²) in [5.74, 6) is -0.743. The summed E-state index contributed by atoms with van der Waals surface area (Å²) in [7, 11) is 0. The standard InChI is InChI=1S/C20H28N2O12/c1-9-16(26)13(25)7-15(31-9)34-18-17(27)14(8-23)33-19(20(18,28)21-10(2)24)32-12-5-3-11(4-6-12)22(29)30/h3-6,9,13-19,23,25-28H,7-8H2,1-2H3,(H,21,24)/t9-,13-,14+,15-,16+,17+,18-,19+,20+/m0/s1. The molecular formula is C20H28N2O12. The molecule has 2 aliphatic rings. The minimum absolute atomic E-state index is 0.00675. The number of nitrogens with zero attached hydrogens (tertiary/aromatic N) is 1. The number of hydrogen-bond donors (Lipinski definition) is 6. The summed E-state index contributed by atoms with van der Waals surface area (Å²) < 4.78 is 22.4. The van der Waals surface area contributed by atoms with Crippen molar-refractivity contribution < 1.29 is 54.2 Å². The van der Waals surface area contributed by atoms with Crippen molar-refractivity contribution >= 4 is 11.6 Å². The normalized spacial score (nSPS) is 38.2. The Hall–Kier alpha value is -2.43. The summed E-state index contributed by atoms with van der Waals surface area (Å²) in [6.07, 6.45) is -11.2. The molecule has 0 saturated carbocycles. The summed E-state index contributed by atoms with van der Waals surface area (Å²) in [6, 6.07) is 4.75. The first-order chi connectivity index (χ1) is 16.0. The van der Waals surface area contributed by atoms with Gasteiger partial charge in [-0.3, -0.25) is 14.9 Å². The molecule has 190 valence electrons. The number of carbonyl (C=O) groups excluding carboxylic acids is 1. The van der Waals surface area contributed by atoms with Crippen molar-refractivity contribution in [3.8, 4) is 5.75 Å². The zero-order chi connectivity index (χ0) is 25.2. The fourth-order valence-electron chi connectivity index (χ4n) is 3.84. The van der Waals surface area contributed by atoms with E-state index < -0.39 is 72.4 Å². The van der Waals surface area contributed by atoms with E-state index in [1.165, 1.54) is 19.1 Å². The first-order valence-electron chi connectivity index (χ1n) is 10.5. The van der Waals surface area contributed by atoms with Crippen LogP contribution in [0.4, 0.5) is 5.69 Å². The quantitative estimate of drug-likeness (QED) is 0.141. The van der Waals surface area contributed by atoms with Crippen LogP contribution in [0.5, 0.6) is 5.75 Å². The molecule has 1 amide bonds. The van der Waals surface area contributed by atoms with Crippen LogP contribution in [-0.4, -0.2) is 97.9 Å². The van der Waals surface area contributed by atoms with Gasteiger partial charge in [0.25, 0.3) is 12.0 Å². The van der Waals surface area contributed by atoms with Gasteiger partial charge in [-0.2, -0.15) is 0 Å². The van der Waals surface area contributed by atoms with Gasteiger partial charge < -0.3 is 49.8 Å². The van der Waals surface area contributed by atoms with E-state index >= 15 is 0 Å². The van der Waals surface area contributed by atoms with Gasteiger partial charge in [0.05, 0.1) is 23.7 Å². The molecule has 6 N–H and O–H groups in total.